The lowest BCUT2D eigenvalue weighted by Gasteiger charge is -2.29. The zero-order valence-corrected chi connectivity index (χ0v) is 18.7. The van der Waals surface area contributed by atoms with Gasteiger partial charge < -0.3 is 0 Å². The third-order valence-electron chi connectivity index (χ3n) is 4.75. The van der Waals surface area contributed by atoms with Crippen molar-refractivity contribution in [2.45, 2.75) is 32.4 Å². The van der Waals surface area contributed by atoms with Gasteiger partial charge in [-0.25, -0.2) is 13.4 Å². The first-order valence-corrected chi connectivity index (χ1v) is 13.0. The highest BCUT2D eigenvalue weighted by Crippen LogP contribution is 2.36. The number of hydrazone groups is 1. The Morgan fingerprint density at radius 3 is 2.61 bits per heavy atom. The second kappa shape index (κ2) is 8.86. The van der Waals surface area contributed by atoms with Crippen molar-refractivity contribution < 1.29 is 13.2 Å². The van der Waals surface area contributed by atoms with E-state index in [-0.39, 0.29) is 30.3 Å². The van der Waals surface area contributed by atoms with Gasteiger partial charge in [0, 0.05) is 23.6 Å². The van der Waals surface area contributed by atoms with Gasteiger partial charge in [-0.15, -0.1) is 22.7 Å². The molecule has 0 spiro atoms. The summed E-state index contributed by atoms with van der Waals surface area (Å²) in [5.74, 6) is -0.0706. The van der Waals surface area contributed by atoms with Crippen molar-refractivity contribution in [3.8, 4) is 0 Å². The van der Waals surface area contributed by atoms with Crippen molar-refractivity contribution in [2.24, 2.45) is 5.10 Å². The topological polar surface area (TPSA) is 70.1 Å². The third kappa shape index (κ3) is 5.08. The van der Waals surface area contributed by atoms with Crippen LogP contribution < -0.4 is 0 Å². The Labute approximate surface area is 174 Å². The second-order valence-corrected chi connectivity index (χ2v) is 11.1. The van der Waals surface area contributed by atoms with E-state index in [4.69, 9.17) is 0 Å². The van der Waals surface area contributed by atoms with Crippen molar-refractivity contribution in [2.75, 3.05) is 25.1 Å². The number of sulfone groups is 1. The van der Waals surface area contributed by atoms with Crippen molar-refractivity contribution in [1.82, 2.24) is 9.91 Å². The fourth-order valence-corrected chi connectivity index (χ4v) is 6.02. The molecule has 0 aliphatic carbocycles. The molecule has 0 N–H and O–H groups in total. The Morgan fingerprint density at radius 1 is 1.32 bits per heavy atom. The second-order valence-electron chi connectivity index (χ2n) is 7.00. The quantitative estimate of drug-likeness (QED) is 0.633. The van der Waals surface area contributed by atoms with E-state index in [1.165, 1.54) is 6.26 Å². The molecule has 0 saturated carbocycles. The van der Waals surface area contributed by atoms with Gasteiger partial charge in [-0.05, 0) is 36.4 Å². The minimum absolute atomic E-state index is 0.0339. The average Bonchev–Trinajstić information content (AvgIpc) is 3.38. The van der Waals surface area contributed by atoms with Crippen molar-refractivity contribution in [1.29, 1.82) is 0 Å². The number of likely N-dealkylation sites (N-methyl/N-ethyl adjacent to an activating group) is 1. The first-order chi connectivity index (χ1) is 13.3. The van der Waals surface area contributed by atoms with Crippen molar-refractivity contribution in [3.63, 3.8) is 0 Å². The highest BCUT2D eigenvalue weighted by atomic mass is 32.2. The summed E-state index contributed by atoms with van der Waals surface area (Å²) in [5, 5.41) is 10.3. The molecule has 1 aliphatic heterocycles. The normalized spacial score (nSPS) is 18.5. The number of carbonyl (C=O) groups is 1. The zero-order valence-electron chi connectivity index (χ0n) is 16.2. The van der Waals surface area contributed by atoms with E-state index in [0.717, 1.165) is 15.5 Å². The molecule has 2 unspecified atom stereocenters. The Morgan fingerprint density at radius 2 is 2.04 bits per heavy atom. The maximum absolute atomic E-state index is 13.1. The van der Waals surface area contributed by atoms with E-state index in [2.05, 4.69) is 5.10 Å². The monoisotopic (exact) mass is 439 g/mol. The molecule has 3 rings (SSSR count). The first kappa shape index (κ1) is 21.2. The first-order valence-electron chi connectivity index (χ1n) is 9.17. The Hall–Kier alpha value is -1.55. The van der Waals surface area contributed by atoms with Crippen LogP contribution in [0.3, 0.4) is 0 Å². The third-order valence-corrected chi connectivity index (χ3v) is 7.74. The fraction of sp³-hybridized carbons (Fsp3) is 0.474. The molecule has 2 aromatic rings. The standard InChI is InChI=1S/C19H25N3O3S3/c1-4-21(14(2)13-28(3,24)25)12-19(23)22-16(18-8-6-10-27-18)11-15(20-22)17-7-5-9-26-17/h5-10,14,16H,4,11-13H2,1-3H3. The molecule has 1 amide bonds. The Kier molecular flexibility index (Phi) is 6.69. The van der Waals surface area contributed by atoms with E-state index in [0.29, 0.717) is 13.0 Å². The molecule has 0 radical (unpaired) electrons. The molecule has 28 heavy (non-hydrogen) atoms. The number of carbonyl (C=O) groups excluding carboxylic acids is 1. The molecule has 6 nitrogen and oxygen atoms in total. The zero-order chi connectivity index (χ0) is 20.3. The van der Waals surface area contributed by atoms with Gasteiger partial charge in [0.25, 0.3) is 5.91 Å². The average molecular weight is 440 g/mol. The predicted octanol–water partition coefficient (Wildman–Crippen LogP) is 3.24. The smallest absolute Gasteiger partial charge is 0.257 e. The molecule has 0 aromatic carbocycles. The Balaban J connectivity index is 1.80. The molecule has 1 aliphatic rings. The van der Waals surface area contributed by atoms with Gasteiger partial charge in [-0.2, -0.15) is 5.10 Å². The summed E-state index contributed by atoms with van der Waals surface area (Å²) in [4.78, 5) is 17.2. The molecule has 0 fully saturated rings. The number of amides is 1. The number of hydrogen-bond donors (Lipinski definition) is 0. The molecular formula is C19H25N3O3S3. The van der Waals surface area contributed by atoms with E-state index >= 15 is 0 Å². The maximum Gasteiger partial charge on any atom is 0.257 e. The molecule has 0 saturated heterocycles. The molecule has 2 aromatic heterocycles. The van der Waals surface area contributed by atoms with Crippen molar-refractivity contribution in [3.05, 3.63) is 44.8 Å². The predicted molar refractivity (Wildman–Crippen MR) is 116 cm³/mol. The van der Waals surface area contributed by atoms with Gasteiger partial charge in [0.15, 0.2) is 0 Å². The van der Waals surface area contributed by atoms with E-state index in [9.17, 15) is 13.2 Å². The van der Waals surface area contributed by atoms with Crippen LogP contribution in [0.25, 0.3) is 0 Å². The van der Waals surface area contributed by atoms with E-state index in [1.807, 2.05) is 53.8 Å². The number of rotatable bonds is 8. The van der Waals surface area contributed by atoms with Gasteiger partial charge >= 0.3 is 0 Å². The molecule has 2 atom stereocenters. The molecule has 0 bridgehead atoms. The lowest BCUT2D eigenvalue weighted by molar-refractivity contribution is -0.134. The van der Waals surface area contributed by atoms with Crippen LogP contribution in [0.15, 0.2) is 40.1 Å². The van der Waals surface area contributed by atoms with Crippen LogP contribution in [0.1, 0.15) is 36.1 Å². The van der Waals surface area contributed by atoms with Crippen LogP contribution in [-0.2, 0) is 14.6 Å². The molecule has 3 heterocycles. The summed E-state index contributed by atoms with van der Waals surface area (Å²) in [6.07, 6.45) is 1.92. The van der Waals surface area contributed by atoms with Gasteiger partial charge in [-0.1, -0.05) is 19.1 Å². The minimum atomic E-state index is -3.11. The number of nitrogens with zero attached hydrogens (tertiary/aromatic N) is 3. The Bertz CT molecular complexity index is 921. The summed E-state index contributed by atoms with van der Waals surface area (Å²) in [6, 6.07) is 7.69. The minimum Gasteiger partial charge on any atom is -0.291 e. The van der Waals surface area contributed by atoms with E-state index in [1.54, 1.807) is 27.7 Å². The maximum atomic E-state index is 13.1. The lowest BCUT2D eigenvalue weighted by atomic mass is 10.1. The molecular weight excluding hydrogens is 414 g/mol. The lowest BCUT2D eigenvalue weighted by Crippen LogP contribution is -2.44. The highest BCUT2D eigenvalue weighted by Gasteiger charge is 2.35. The summed E-state index contributed by atoms with van der Waals surface area (Å²) in [7, 11) is -3.11. The summed E-state index contributed by atoms with van der Waals surface area (Å²) in [5.41, 5.74) is 0.925. The summed E-state index contributed by atoms with van der Waals surface area (Å²) < 4.78 is 23.3. The number of hydrogen-bond acceptors (Lipinski definition) is 7. The van der Waals surface area contributed by atoms with Gasteiger partial charge in [0.2, 0.25) is 0 Å². The van der Waals surface area contributed by atoms with E-state index < -0.39 is 9.84 Å². The summed E-state index contributed by atoms with van der Waals surface area (Å²) in [6.45, 7) is 4.53. The van der Waals surface area contributed by atoms with Crippen molar-refractivity contribution >= 4 is 44.1 Å². The van der Waals surface area contributed by atoms with Crippen LogP contribution in [0.4, 0.5) is 0 Å². The molecule has 9 heteroatoms. The molecule has 152 valence electrons. The van der Waals surface area contributed by atoms with Crippen LogP contribution in [0.2, 0.25) is 0 Å². The van der Waals surface area contributed by atoms with Gasteiger partial charge in [0.1, 0.15) is 9.84 Å². The van der Waals surface area contributed by atoms with Crippen LogP contribution in [0, 0.1) is 0 Å². The number of thiophene rings is 2. The largest absolute Gasteiger partial charge is 0.291 e. The highest BCUT2D eigenvalue weighted by molar-refractivity contribution is 7.90. The van der Waals surface area contributed by atoms with Gasteiger partial charge in [-0.3, -0.25) is 9.69 Å². The van der Waals surface area contributed by atoms with Crippen LogP contribution in [-0.4, -0.2) is 61.1 Å². The van der Waals surface area contributed by atoms with Crippen LogP contribution >= 0.6 is 22.7 Å². The summed E-state index contributed by atoms with van der Waals surface area (Å²) >= 11 is 3.24. The van der Waals surface area contributed by atoms with Crippen LogP contribution in [0.5, 0.6) is 0 Å². The van der Waals surface area contributed by atoms with Gasteiger partial charge in [0.05, 0.1) is 28.9 Å². The fourth-order valence-electron chi connectivity index (χ4n) is 3.40. The SMILES string of the molecule is CCN(CC(=O)N1N=C(c2cccs2)CC1c1cccs1)C(C)CS(C)(=O)=O.